The quantitative estimate of drug-likeness (QED) is 0.717. The summed E-state index contributed by atoms with van der Waals surface area (Å²) in [4.78, 5) is 0.173. The van der Waals surface area contributed by atoms with E-state index >= 15 is 0 Å². The van der Waals surface area contributed by atoms with E-state index in [9.17, 15) is 8.42 Å². The summed E-state index contributed by atoms with van der Waals surface area (Å²) in [6.45, 7) is 6.12. The molecule has 1 unspecified atom stereocenters. The van der Waals surface area contributed by atoms with Crippen molar-refractivity contribution in [2.24, 2.45) is 11.7 Å². The molecular formula is C14H24BrClN2O3S. The zero-order valence-corrected chi connectivity index (χ0v) is 16.4. The number of methoxy groups -OCH3 is 1. The number of rotatable bonds is 7. The number of hydrogen-bond donors (Lipinski definition) is 2. The molecule has 0 saturated carbocycles. The summed E-state index contributed by atoms with van der Waals surface area (Å²) in [6, 6.07) is 4.75. The molecule has 0 fully saturated rings. The van der Waals surface area contributed by atoms with Gasteiger partial charge in [0.1, 0.15) is 5.75 Å². The molecule has 1 aromatic carbocycles. The number of nitrogens with two attached hydrogens (primary N) is 1. The van der Waals surface area contributed by atoms with Crippen molar-refractivity contribution in [3.8, 4) is 5.75 Å². The normalized spacial score (nSPS) is 14.3. The van der Waals surface area contributed by atoms with Gasteiger partial charge in [-0.25, -0.2) is 13.1 Å². The first kappa shape index (κ1) is 21.7. The number of halogens is 2. The highest BCUT2D eigenvalue weighted by atomic mass is 79.9. The van der Waals surface area contributed by atoms with Gasteiger partial charge < -0.3 is 10.5 Å². The fourth-order valence-electron chi connectivity index (χ4n) is 2.27. The third-order valence-electron chi connectivity index (χ3n) is 3.12. The maximum Gasteiger partial charge on any atom is 0.242 e. The van der Waals surface area contributed by atoms with Crippen LogP contribution in [0.2, 0.25) is 0 Å². The summed E-state index contributed by atoms with van der Waals surface area (Å²) in [5.41, 5.74) is 5.09. The van der Waals surface area contributed by atoms with Gasteiger partial charge >= 0.3 is 0 Å². The van der Waals surface area contributed by atoms with Crippen LogP contribution in [0.4, 0.5) is 0 Å². The first-order valence-corrected chi connectivity index (χ1v) is 8.99. The first-order chi connectivity index (χ1) is 9.63. The van der Waals surface area contributed by atoms with Crippen LogP contribution in [0.5, 0.6) is 5.75 Å². The van der Waals surface area contributed by atoms with E-state index in [1.165, 1.54) is 13.2 Å². The Balaban J connectivity index is 0.00000441. The molecule has 1 atom stereocenters. The Hall–Kier alpha value is -0.340. The molecule has 22 heavy (non-hydrogen) atoms. The second-order valence-electron chi connectivity index (χ2n) is 5.76. The second kappa shape index (κ2) is 8.49. The Labute approximate surface area is 147 Å². The summed E-state index contributed by atoms with van der Waals surface area (Å²) in [5, 5.41) is 0. The molecule has 0 radical (unpaired) electrons. The molecule has 1 aromatic rings. The Bertz CT molecular complexity index is 596. The molecule has 0 spiro atoms. The fourth-order valence-corrected chi connectivity index (χ4v) is 4.76. The lowest BCUT2D eigenvalue weighted by Gasteiger charge is -2.31. The molecular weight excluding hydrogens is 392 g/mol. The molecule has 8 heteroatoms. The molecule has 0 bridgehead atoms. The molecule has 128 valence electrons. The van der Waals surface area contributed by atoms with Gasteiger partial charge in [0.25, 0.3) is 0 Å². The zero-order chi connectivity index (χ0) is 16.3. The minimum atomic E-state index is -3.66. The van der Waals surface area contributed by atoms with Gasteiger partial charge in [0.2, 0.25) is 10.0 Å². The van der Waals surface area contributed by atoms with Crippen molar-refractivity contribution in [2.75, 3.05) is 13.7 Å². The lowest BCUT2D eigenvalue weighted by molar-refractivity contribution is 0.344. The molecule has 0 heterocycles. The zero-order valence-electron chi connectivity index (χ0n) is 13.2. The monoisotopic (exact) mass is 414 g/mol. The first-order valence-electron chi connectivity index (χ1n) is 6.71. The number of nitrogens with one attached hydrogen (secondary N) is 1. The van der Waals surface area contributed by atoms with Crippen molar-refractivity contribution in [1.82, 2.24) is 4.72 Å². The maximum absolute atomic E-state index is 12.6. The third kappa shape index (κ3) is 5.70. The number of ether oxygens (including phenoxy) is 1. The van der Waals surface area contributed by atoms with E-state index in [0.717, 1.165) is 0 Å². The van der Waals surface area contributed by atoms with Gasteiger partial charge in [-0.2, -0.15) is 0 Å². The Morgan fingerprint density at radius 1 is 1.41 bits per heavy atom. The van der Waals surface area contributed by atoms with Gasteiger partial charge in [0.15, 0.2) is 0 Å². The number of sulfonamides is 1. The smallest absolute Gasteiger partial charge is 0.242 e. The predicted molar refractivity (Wildman–Crippen MR) is 95.2 cm³/mol. The average Bonchev–Trinajstić information content (AvgIpc) is 2.36. The highest BCUT2D eigenvalue weighted by Gasteiger charge is 2.31. The number of benzene rings is 1. The van der Waals surface area contributed by atoms with E-state index in [-0.39, 0.29) is 23.8 Å². The van der Waals surface area contributed by atoms with Crippen molar-refractivity contribution >= 4 is 38.4 Å². The second-order valence-corrected chi connectivity index (χ2v) is 8.27. The summed E-state index contributed by atoms with van der Waals surface area (Å²) in [6.07, 6.45) is 0.663. The van der Waals surface area contributed by atoms with Gasteiger partial charge in [-0.1, -0.05) is 13.8 Å². The van der Waals surface area contributed by atoms with Crippen molar-refractivity contribution in [2.45, 2.75) is 37.6 Å². The maximum atomic E-state index is 12.6. The van der Waals surface area contributed by atoms with E-state index in [1.807, 2.05) is 20.8 Å². The molecule has 0 saturated heterocycles. The van der Waals surface area contributed by atoms with Crippen LogP contribution in [0.3, 0.4) is 0 Å². The van der Waals surface area contributed by atoms with Crippen LogP contribution < -0.4 is 15.2 Å². The summed E-state index contributed by atoms with van der Waals surface area (Å²) in [7, 11) is -2.13. The molecule has 0 aliphatic carbocycles. The molecule has 3 N–H and O–H groups in total. The minimum Gasteiger partial charge on any atom is -0.497 e. The van der Waals surface area contributed by atoms with E-state index < -0.39 is 15.6 Å². The van der Waals surface area contributed by atoms with Gasteiger partial charge in [0, 0.05) is 16.6 Å². The summed E-state index contributed by atoms with van der Waals surface area (Å²) in [5.74, 6) is 0.921. The van der Waals surface area contributed by atoms with Crippen LogP contribution in [0.1, 0.15) is 27.2 Å². The van der Waals surface area contributed by atoms with Gasteiger partial charge in [0.05, 0.1) is 12.0 Å². The molecule has 0 aliphatic rings. The lowest BCUT2D eigenvalue weighted by atomic mass is 9.92. The third-order valence-corrected chi connectivity index (χ3v) is 5.73. The highest BCUT2D eigenvalue weighted by molar-refractivity contribution is 9.10. The van der Waals surface area contributed by atoms with Gasteiger partial charge in [-0.05, 0) is 53.4 Å². The van der Waals surface area contributed by atoms with E-state index in [4.69, 9.17) is 10.5 Å². The standard InChI is InChI=1S/C14H23BrN2O3S.ClH/c1-10(2)8-14(3,9-16)17-21(18,19)13-6-5-11(20-4)7-12(13)15;/h5-7,10,17H,8-9,16H2,1-4H3;1H. The Morgan fingerprint density at radius 2 is 2.00 bits per heavy atom. The summed E-state index contributed by atoms with van der Waals surface area (Å²) >= 11 is 3.27. The van der Waals surface area contributed by atoms with Crippen LogP contribution in [-0.4, -0.2) is 27.6 Å². The molecule has 5 nitrogen and oxygen atoms in total. The van der Waals surface area contributed by atoms with Crippen molar-refractivity contribution < 1.29 is 13.2 Å². The largest absolute Gasteiger partial charge is 0.497 e. The van der Waals surface area contributed by atoms with E-state index in [2.05, 4.69) is 20.7 Å². The summed E-state index contributed by atoms with van der Waals surface area (Å²) < 4.78 is 33.4. The van der Waals surface area contributed by atoms with Crippen molar-refractivity contribution in [1.29, 1.82) is 0 Å². The average molecular weight is 416 g/mol. The van der Waals surface area contributed by atoms with Gasteiger partial charge in [-0.15, -0.1) is 12.4 Å². The van der Waals surface area contributed by atoms with Crippen LogP contribution in [0.15, 0.2) is 27.6 Å². The number of hydrogen-bond acceptors (Lipinski definition) is 4. The van der Waals surface area contributed by atoms with Crippen LogP contribution in [0.25, 0.3) is 0 Å². The topological polar surface area (TPSA) is 81.4 Å². The molecule has 0 amide bonds. The predicted octanol–water partition coefficient (Wildman–Crippen LogP) is 2.92. The van der Waals surface area contributed by atoms with Crippen molar-refractivity contribution in [3.63, 3.8) is 0 Å². The fraction of sp³-hybridized carbons (Fsp3) is 0.571. The van der Waals surface area contributed by atoms with Crippen LogP contribution in [-0.2, 0) is 10.0 Å². The highest BCUT2D eigenvalue weighted by Crippen LogP contribution is 2.28. The van der Waals surface area contributed by atoms with Gasteiger partial charge in [-0.3, -0.25) is 0 Å². The Kier molecular flexibility index (Phi) is 8.36. The van der Waals surface area contributed by atoms with E-state index in [0.29, 0.717) is 22.6 Å². The van der Waals surface area contributed by atoms with Crippen LogP contribution >= 0.6 is 28.3 Å². The Morgan fingerprint density at radius 3 is 2.41 bits per heavy atom. The molecule has 0 aromatic heterocycles. The van der Waals surface area contributed by atoms with Crippen LogP contribution in [0, 0.1) is 5.92 Å². The lowest BCUT2D eigenvalue weighted by Crippen LogP contribution is -2.52. The SMILES string of the molecule is COc1ccc(S(=O)(=O)NC(C)(CN)CC(C)C)c(Br)c1.Cl. The van der Waals surface area contributed by atoms with E-state index in [1.54, 1.807) is 12.1 Å². The minimum absolute atomic E-state index is 0. The molecule has 0 aliphatic heterocycles. The molecule has 1 rings (SSSR count). The van der Waals surface area contributed by atoms with Crippen molar-refractivity contribution in [3.05, 3.63) is 22.7 Å².